The van der Waals surface area contributed by atoms with Crippen molar-refractivity contribution >= 4 is 0 Å². The Morgan fingerprint density at radius 2 is 1.75 bits per heavy atom. The minimum absolute atomic E-state index is 0. The van der Waals surface area contributed by atoms with Gasteiger partial charge in [0.1, 0.15) is 0 Å². The molecular formula is C3H5Ni+. The summed E-state index contributed by atoms with van der Waals surface area (Å²) in [5.74, 6) is 0. The van der Waals surface area contributed by atoms with Crippen LogP contribution in [0.4, 0.5) is 0 Å². The Morgan fingerprint density at radius 1 is 1.75 bits per heavy atom. The van der Waals surface area contributed by atoms with E-state index in [0.29, 0.717) is 0 Å². The summed E-state index contributed by atoms with van der Waals surface area (Å²) in [6, 6.07) is 0. The van der Waals surface area contributed by atoms with E-state index >= 15 is 0 Å². The Morgan fingerprint density at radius 3 is 1.75 bits per heavy atom. The first-order chi connectivity index (χ1) is 1.41. The molecular weight excluding hydrogens is 94.7 g/mol. The van der Waals surface area contributed by atoms with Crippen LogP contribution in [0.5, 0.6) is 0 Å². The molecule has 0 unspecified atom stereocenters. The summed E-state index contributed by atoms with van der Waals surface area (Å²) in [5.41, 5.74) is 0. The predicted octanol–water partition coefficient (Wildman–Crippen LogP) is 1.00. The van der Waals surface area contributed by atoms with Crippen molar-refractivity contribution in [1.29, 1.82) is 0 Å². The zero-order valence-corrected chi connectivity index (χ0v) is 3.30. The largest absolute Gasteiger partial charge is 2.00 e. The number of hydrogen-bond donors (Lipinski definition) is 0. The van der Waals surface area contributed by atoms with Crippen molar-refractivity contribution in [2.24, 2.45) is 0 Å². The van der Waals surface area contributed by atoms with E-state index in [1.807, 2.05) is 0 Å². The minimum Gasteiger partial charge on any atom is -0.245 e. The average Bonchev–Trinajstić information content (AvgIpc) is 0.918. The fourth-order valence-electron chi connectivity index (χ4n) is 0. The van der Waals surface area contributed by atoms with Crippen molar-refractivity contribution in [2.75, 3.05) is 0 Å². The molecule has 0 aromatic carbocycles. The van der Waals surface area contributed by atoms with Gasteiger partial charge < -0.3 is 0 Å². The summed E-state index contributed by atoms with van der Waals surface area (Å²) in [4.78, 5) is 0. The van der Waals surface area contributed by atoms with Crippen LogP contribution in [0.2, 0.25) is 0 Å². The maximum atomic E-state index is 3.25. The van der Waals surface area contributed by atoms with E-state index < -0.39 is 0 Å². The van der Waals surface area contributed by atoms with Gasteiger partial charge in [0.15, 0.2) is 0 Å². The second-order valence-corrected chi connectivity index (χ2v) is 0.289. The molecule has 0 atom stereocenters. The molecule has 0 aliphatic rings. The van der Waals surface area contributed by atoms with Crippen molar-refractivity contribution in [1.82, 2.24) is 0 Å². The molecule has 0 heterocycles. The second-order valence-electron chi connectivity index (χ2n) is 0.289. The molecule has 0 N–H and O–H groups in total. The number of allylic oxidation sites excluding steroid dienone is 1. The van der Waals surface area contributed by atoms with Crippen molar-refractivity contribution < 1.29 is 16.5 Å². The monoisotopic (exact) mass is 99.0 g/mol. The van der Waals surface area contributed by atoms with E-state index in [4.69, 9.17) is 0 Å². The summed E-state index contributed by atoms with van der Waals surface area (Å²) in [6.07, 6.45) is 1.50. The van der Waals surface area contributed by atoms with Gasteiger partial charge in [0.25, 0.3) is 0 Å². The molecule has 0 nitrogen and oxygen atoms in total. The molecule has 1 heteroatoms. The second kappa shape index (κ2) is 11.3. The van der Waals surface area contributed by atoms with Crippen LogP contribution >= 0.6 is 0 Å². The topological polar surface area (TPSA) is 0 Å². The summed E-state index contributed by atoms with van der Waals surface area (Å²) >= 11 is 0. The van der Waals surface area contributed by atoms with Gasteiger partial charge in [-0.2, -0.15) is 0 Å². The van der Waals surface area contributed by atoms with Gasteiger partial charge in [-0.25, -0.2) is 19.6 Å². The first-order valence-electron chi connectivity index (χ1n) is 0.816. The molecule has 0 rings (SSSR count). The SMILES string of the molecule is C=C[CH2-].[Ni+2]. The van der Waals surface area contributed by atoms with E-state index in [2.05, 4.69) is 13.5 Å². The van der Waals surface area contributed by atoms with Crippen LogP contribution in [-0.4, -0.2) is 0 Å². The molecule has 0 aliphatic carbocycles. The van der Waals surface area contributed by atoms with Gasteiger partial charge >= 0.3 is 16.5 Å². The molecule has 4 heavy (non-hydrogen) atoms. The van der Waals surface area contributed by atoms with Crippen molar-refractivity contribution in [3.05, 3.63) is 19.6 Å². The fourth-order valence-corrected chi connectivity index (χ4v) is 0. The number of hydrogen-bond acceptors (Lipinski definition) is 0. The maximum absolute atomic E-state index is 3.25. The standard InChI is InChI=1S/C3H5.Ni/c1-3-2;/h3H,1-2H2;/q-1;+2. The third kappa shape index (κ3) is 239. The molecule has 0 aromatic rings. The summed E-state index contributed by atoms with van der Waals surface area (Å²) in [7, 11) is 0. The van der Waals surface area contributed by atoms with Crippen LogP contribution in [0.3, 0.4) is 0 Å². The molecule has 0 fully saturated rings. The minimum atomic E-state index is 0. The normalized spacial score (nSPS) is 3.00. The third-order valence-corrected chi connectivity index (χ3v) is 0. The third-order valence-electron chi connectivity index (χ3n) is 0. The van der Waals surface area contributed by atoms with Crippen LogP contribution in [0.25, 0.3) is 0 Å². The molecule has 0 bridgehead atoms. The van der Waals surface area contributed by atoms with E-state index in [9.17, 15) is 0 Å². The van der Waals surface area contributed by atoms with Crippen LogP contribution in [-0.2, 0) is 16.5 Å². The molecule has 0 radical (unpaired) electrons. The van der Waals surface area contributed by atoms with E-state index in [1.165, 1.54) is 6.08 Å². The van der Waals surface area contributed by atoms with E-state index in [-0.39, 0.29) is 16.5 Å². The Labute approximate surface area is 36.8 Å². The van der Waals surface area contributed by atoms with Crippen LogP contribution in [0, 0.1) is 6.92 Å². The molecule has 0 aromatic heterocycles. The first-order valence-corrected chi connectivity index (χ1v) is 0.816. The number of rotatable bonds is 0. The molecule has 0 aliphatic heterocycles. The van der Waals surface area contributed by atoms with Gasteiger partial charge in [-0.1, -0.05) is 0 Å². The van der Waals surface area contributed by atoms with Crippen molar-refractivity contribution in [3.63, 3.8) is 0 Å². The van der Waals surface area contributed by atoms with Gasteiger partial charge in [0.05, 0.1) is 0 Å². The average molecular weight is 99.8 g/mol. The molecule has 0 spiro atoms. The fraction of sp³-hybridized carbons (Fsp3) is 0. The van der Waals surface area contributed by atoms with E-state index in [0.717, 1.165) is 0 Å². The van der Waals surface area contributed by atoms with Gasteiger partial charge in [0, 0.05) is 0 Å². The van der Waals surface area contributed by atoms with Crippen LogP contribution in [0.15, 0.2) is 12.7 Å². The Bertz CT molecular complexity index is 10.8. The predicted molar refractivity (Wildman–Crippen MR) is 15.6 cm³/mol. The Kier molecular flexibility index (Phi) is 25.2. The van der Waals surface area contributed by atoms with Crippen molar-refractivity contribution in [3.8, 4) is 0 Å². The summed E-state index contributed by atoms with van der Waals surface area (Å²) in [6.45, 7) is 6.50. The van der Waals surface area contributed by atoms with Gasteiger partial charge in [0.2, 0.25) is 0 Å². The summed E-state index contributed by atoms with van der Waals surface area (Å²) in [5, 5.41) is 0. The van der Waals surface area contributed by atoms with Gasteiger partial charge in [-0.05, 0) is 0 Å². The Balaban J connectivity index is 0. The smallest absolute Gasteiger partial charge is 0.245 e. The quantitative estimate of drug-likeness (QED) is 0.314. The molecule has 26 valence electrons. The first kappa shape index (κ1) is 8.93. The van der Waals surface area contributed by atoms with E-state index in [1.54, 1.807) is 0 Å². The van der Waals surface area contributed by atoms with Gasteiger partial charge in [-0.15, -0.1) is 0 Å². The maximum Gasteiger partial charge on any atom is 2.00 e. The zero-order chi connectivity index (χ0) is 2.71. The van der Waals surface area contributed by atoms with Crippen LogP contribution < -0.4 is 0 Å². The molecule has 0 saturated carbocycles. The Hall–Kier alpha value is 0.104. The van der Waals surface area contributed by atoms with Gasteiger partial charge in [-0.3, -0.25) is 0 Å². The van der Waals surface area contributed by atoms with Crippen LogP contribution in [0.1, 0.15) is 0 Å². The zero-order valence-electron chi connectivity index (χ0n) is 2.31. The molecule has 0 amide bonds. The summed E-state index contributed by atoms with van der Waals surface area (Å²) < 4.78 is 0. The van der Waals surface area contributed by atoms with Crippen molar-refractivity contribution in [2.45, 2.75) is 0 Å². The molecule has 0 saturated heterocycles.